The molecule has 1 saturated heterocycles. The van der Waals surface area contributed by atoms with Crippen molar-refractivity contribution in [2.75, 3.05) is 0 Å². The Balaban J connectivity index is 2.24. The fourth-order valence-corrected chi connectivity index (χ4v) is 3.25. The predicted molar refractivity (Wildman–Crippen MR) is 88.9 cm³/mol. The molecular formula is C18H27FN2O3. The van der Waals surface area contributed by atoms with Gasteiger partial charge in [-0.1, -0.05) is 13.3 Å². The molecule has 0 aliphatic carbocycles. The zero-order valence-corrected chi connectivity index (χ0v) is 14.8. The lowest BCUT2D eigenvalue weighted by molar-refractivity contribution is -0.00547. The van der Waals surface area contributed by atoms with Gasteiger partial charge in [-0.3, -0.25) is 9.88 Å². The molecule has 1 N–H and O–H groups in total. The Bertz CT molecular complexity index is 574. The number of aliphatic hydroxyl groups is 1. The minimum atomic E-state index is -0.984. The summed E-state index contributed by atoms with van der Waals surface area (Å²) >= 11 is 0. The molecule has 1 aliphatic rings. The van der Waals surface area contributed by atoms with Gasteiger partial charge in [0, 0.05) is 17.8 Å². The van der Waals surface area contributed by atoms with E-state index in [1.54, 1.807) is 4.90 Å². The van der Waals surface area contributed by atoms with E-state index in [4.69, 9.17) is 4.74 Å². The first kappa shape index (κ1) is 18.6. The molecule has 134 valence electrons. The topological polar surface area (TPSA) is 62.7 Å². The summed E-state index contributed by atoms with van der Waals surface area (Å²) in [5.41, 5.74) is -0.225. The molecule has 1 amide bonds. The van der Waals surface area contributed by atoms with Crippen LogP contribution in [0.25, 0.3) is 0 Å². The summed E-state index contributed by atoms with van der Waals surface area (Å²) < 4.78 is 18.9. The van der Waals surface area contributed by atoms with E-state index in [9.17, 15) is 14.3 Å². The number of hydrogen-bond acceptors (Lipinski definition) is 4. The van der Waals surface area contributed by atoms with Crippen LogP contribution in [0.4, 0.5) is 9.18 Å². The first-order valence-corrected chi connectivity index (χ1v) is 8.52. The van der Waals surface area contributed by atoms with Gasteiger partial charge < -0.3 is 9.84 Å². The summed E-state index contributed by atoms with van der Waals surface area (Å²) in [6, 6.07) is 0.865. The number of carbonyl (C=O) groups is 1. The van der Waals surface area contributed by atoms with Crippen LogP contribution < -0.4 is 0 Å². The Kier molecular flexibility index (Phi) is 5.80. The van der Waals surface area contributed by atoms with Crippen LogP contribution in [0.5, 0.6) is 0 Å². The zero-order valence-electron chi connectivity index (χ0n) is 14.8. The number of carbonyl (C=O) groups excluding carboxylic acids is 1. The molecule has 0 saturated carbocycles. The molecule has 1 aliphatic heterocycles. The van der Waals surface area contributed by atoms with E-state index in [0.717, 1.165) is 25.5 Å². The summed E-state index contributed by atoms with van der Waals surface area (Å²) in [4.78, 5) is 18.1. The highest BCUT2D eigenvalue weighted by molar-refractivity contribution is 5.69. The molecule has 0 bridgehead atoms. The largest absolute Gasteiger partial charge is 0.444 e. The maximum atomic E-state index is 13.4. The lowest BCUT2D eigenvalue weighted by atomic mass is 10.0. The third-order valence-corrected chi connectivity index (χ3v) is 4.20. The summed E-state index contributed by atoms with van der Waals surface area (Å²) in [6.45, 7) is 7.51. The number of halogens is 1. The number of nitrogens with zero attached hydrogens (tertiary/aromatic N) is 2. The molecule has 3 atom stereocenters. The maximum Gasteiger partial charge on any atom is 0.410 e. The Hall–Kier alpha value is -1.69. The predicted octanol–water partition coefficient (Wildman–Crippen LogP) is 3.82. The van der Waals surface area contributed by atoms with Gasteiger partial charge >= 0.3 is 6.09 Å². The summed E-state index contributed by atoms with van der Waals surface area (Å²) in [5.74, 6) is -0.501. The van der Waals surface area contributed by atoms with Gasteiger partial charge in [0.25, 0.3) is 0 Å². The molecule has 0 aromatic carbocycles. The van der Waals surface area contributed by atoms with Crippen LogP contribution in [0.1, 0.15) is 65.0 Å². The highest BCUT2D eigenvalue weighted by Gasteiger charge is 2.42. The monoisotopic (exact) mass is 338 g/mol. The van der Waals surface area contributed by atoms with Gasteiger partial charge in [0.05, 0.1) is 12.2 Å². The second-order valence-corrected chi connectivity index (χ2v) is 7.36. The van der Waals surface area contributed by atoms with Crippen molar-refractivity contribution in [3.63, 3.8) is 0 Å². The number of amides is 1. The van der Waals surface area contributed by atoms with Crippen LogP contribution in [-0.4, -0.2) is 38.8 Å². The number of ether oxygens (including phenoxy) is 1. The Morgan fingerprint density at radius 1 is 1.46 bits per heavy atom. The molecule has 1 fully saturated rings. The number of pyridine rings is 1. The molecule has 2 rings (SSSR count). The Morgan fingerprint density at radius 2 is 2.17 bits per heavy atom. The maximum absolute atomic E-state index is 13.4. The van der Waals surface area contributed by atoms with Crippen molar-refractivity contribution in [3.05, 3.63) is 29.8 Å². The van der Waals surface area contributed by atoms with E-state index in [1.807, 2.05) is 20.8 Å². The van der Waals surface area contributed by atoms with Crippen LogP contribution in [-0.2, 0) is 4.74 Å². The van der Waals surface area contributed by atoms with Gasteiger partial charge in [0.15, 0.2) is 0 Å². The number of hydrogen-bond donors (Lipinski definition) is 1. The Labute approximate surface area is 142 Å². The van der Waals surface area contributed by atoms with Crippen LogP contribution >= 0.6 is 0 Å². The highest BCUT2D eigenvalue weighted by atomic mass is 19.1. The van der Waals surface area contributed by atoms with E-state index in [-0.39, 0.29) is 6.04 Å². The van der Waals surface area contributed by atoms with E-state index >= 15 is 0 Å². The fourth-order valence-electron chi connectivity index (χ4n) is 3.25. The molecule has 1 aromatic heterocycles. The molecule has 0 unspecified atom stereocenters. The third-order valence-electron chi connectivity index (χ3n) is 4.20. The Morgan fingerprint density at radius 3 is 2.75 bits per heavy atom. The summed E-state index contributed by atoms with van der Waals surface area (Å²) in [6.07, 6.45) is 4.37. The smallest absolute Gasteiger partial charge is 0.410 e. The molecule has 1 aromatic rings. The highest BCUT2D eigenvalue weighted by Crippen LogP contribution is 2.36. The van der Waals surface area contributed by atoms with Crippen molar-refractivity contribution in [1.29, 1.82) is 0 Å². The number of aliphatic hydroxyl groups excluding tert-OH is 1. The normalized spacial score (nSPS) is 22.5. The van der Waals surface area contributed by atoms with Gasteiger partial charge in [0.2, 0.25) is 0 Å². The second kappa shape index (κ2) is 7.47. The lowest BCUT2D eigenvalue weighted by Gasteiger charge is -2.34. The molecule has 24 heavy (non-hydrogen) atoms. The summed E-state index contributed by atoms with van der Waals surface area (Å²) in [5, 5.41) is 10.7. The van der Waals surface area contributed by atoms with Gasteiger partial charge in [-0.25, -0.2) is 9.18 Å². The fraction of sp³-hybridized carbons (Fsp3) is 0.667. The van der Waals surface area contributed by atoms with Gasteiger partial charge in [-0.2, -0.15) is 0 Å². The van der Waals surface area contributed by atoms with Gasteiger partial charge in [-0.05, 0) is 46.1 Å². The first-order valence-electron chi connectivity index (χ1n) is 8.52. The molecular weight excluding hydrogens is 311 g/mol. The quantitative estimate of drug-likeness (QED) is 0.906. The minimum absolute atomic E-state index is 0.0334. The molecule has 0 spiro atoms. The molecule has 2 heterocycles. The van der Waals surface area contributed by atoms with Gasteiger partial charge in [0.1, 0.15) is 17.5 Å². The van der Waals surface area contributed by atoms with E-state index in [1.165, 1.54) is 12.3 Å². The van der Waals surface area contributed by atoms with Crippen molar-refractivity contribution < 1.29 is 19.0 Å². The van der Waals surface area contributed by atoms with Crippen LogP contribution in [0, 0.1) is 5.82 Å². The summed E-state index contributed by atoms with van der Waals surface area (Å²) in [7, 11) is 0. The number of rotatable bonds is 4. The standard InChI is InChI=1S/C18H27FN2O3/c1-5-6-14-7-8-15(21(14)17(23)24-18(2,3)4)16(22)12-9-13(19)11-20-10-12/h9-11,14-16,22H,5-8H2,1-4H3/t14-,15-,16+/m1/s1. The van der Waals surface area contributed by atoms with Crippen molar-refractivity contribution in [3.8, 4) is 0 Å². The lowest BCUT2D eigenvalue weighted by Crippen LogP contribution is -2.46. The van der Waals surface area contributed by atoms with Crippen LogP contribution in [0.2, 0.25) is 0 Å². The molecule has 6 heteroatoms. The van der Waals surface area contributed by atoms with Crippen molar-refractivity contribution >= 4 is 6.09 Å². The third kappa shape index (κ3) is 4.44. The SMILES string of the molecule is CCC[C@@H]1CC[C@H]([C@@H](O)c2cncc(F)c2)N1C(=O)OC(C)(C)C. The molecule has 0 radical (unpaired) electrons. The van der Waals surface area contributed by atoms with Crippen molar-refractivity contribution in [2.24, 2.45) is 0 Å². The van der Waals surface area contributed by atoms with E-state index in [2.05, 4.69) is 11.9 Å². The van der Waals surface area contributed by atoms with Gasteiger partial charge in [-0.15, -0.1) is 0 Å². The minimum Gasteiger partial charge on any atom is -0.444 e. The van der Waals surface area contributed by atoms with E-state index in [0.29, 0.717) is 12.0 Å². The van der Waals surface area contributed by atoms with Crippen LogP contribution in [0.3, 0.4) is 0 Å². The number of likely N-dealkylation sites (tertiary alicyclic amines) is 1. The zero-order chi connectivity index (χ0) is 17.9. The van der Waals surface area contributed by atoms with Crippen molar-refractivity contribution in [2.45, 2.75) is 77.2 Å². The average Bonchev–Trinajstić information content (AvgIpc) is 2.89. The second-order valence-electron chi connectivity index (χ2n) is 7.36. The van der Waals surface area contributed by atoms with E-state index < -0.39 is 29.7 Å². The number of aromatic nitrogens is 1. The molecule has 5 nitrogen and oxygen atoms in total. The first-order chi connectivity index (χ1) is 11.2. The average molecular weight is 338 g/mol. The van der Waals surface area contributed by atoms with Crippen molar-refractivity contribution in [1.82, 2.24) is 9.88 Å². The van der Waals surface area contributed by atoms with Crippen LogP contribution in [0.15, 0.2) is 18.5 Å².